The van der Waals surface area contributed by atoms with Crippen LogP contribution in [0.2, 0.25) is 0 Å². The van der Waals surface area contributed by atoms with E-state index in [-0.39, 0.29) is 0 Å². The van der Waals surface area contributed by atoms with Crippen LogP contribution in [0.5, 0.6) is 0 Å². The van der Waals surface area contributed by atoms with Gasteiger partial charge in [0.2, 0.25) is 0 Å². The molecular weight excluding hydrogens is 653 g/mol. The summed E-state index contributed by atoms with van der Waals surface area (Å²) in [5.41, 5.74) is 9.92. The molecule has 10 rings (SSSR count). The van der Waals surface area contributed by atoms with Crippen LogP contribution >= 0.6 is 0 Å². The quantitative estimate of drug-likeness (QED) is 0.0928. The molecule has 0 fully saturated rings. The molecule has 0 saturated carbocycles. The van der Waals surface area contributed by atoms with Crippen LogP contribution in [0.4, 0.5) is 0 Å². The van der Waals surface area contributed by atoms with Crippen molar-refractivity contribution in [3.05, 3.63) is 206 Å². The van der Waals surface area contributed by atoms with E-state index in [1.165, 1.54) is 98.0 Å². The fourth-order valence-electron chi connectivity index (χ4n) is 8.17. The first-order valence-electron chi connectivity index (χ1n) is 18.3. The van der Waals surface area contributed by atoms with Crippen LogP contribution in [0.1, 0.15) is 0 Å². The SMILES string of the molecule is c1ccc([Si]c2ccc3c(-c4cc(-c5ccccc5)cc(-c5ccccc5)c4)c4ccccc4c(-c4cc5ccccc5c5ccccc45)c3c2)cc1. The van der Waals surface area contributed by atoms with Gasteiger partial charge in [0, 0.05) is 0 Å². The number of fused-ring (bicyclic) bond motifs is 5. The number of hydrogen-bond donors (Lipinski definition) is 0. The molecule has 0 amide bonds. The average Bonchev–Trinajstić information content (AvgIpc) is 3.23. The molecule has 0 aliphatic heterocycles. The highest BCUT2D eigenvalue weighted by Gasteiger charge is 2.21. The highest BCUT2D eigenvalue weighted by molar-refractivity contribution is 6.67. The minimum Gasteiger partial charge on any atom is -0.0631 e. The van der Waals surface area contributed by atoms with Crippen LogP contribution in [0.3, 0.4) is 0 Å². The third kappa shape index (κ3) is 5.63. The minimum absolute atomic E-state index is 0.558. The summed E-state index contributed by atoms with van der Waals surface area (Å²) in [6.45, 7) is 0. The zero-order valence-electron chi connectivity index (χ0n) is 29.1. The van der Waals surface area contributed by atoms with Gasteiger partial charge in [-0.25, -0.2) is 0 Å². The fraction of sp³-hybridized carbons (Fsp3) is 0. The molecule has 246 valence electrons. The van der Waals surface area contributed by atoms with Crippen LogP contribution in [-0.2, 0) is 0 Å². The van der Waals surface area contributed by atoms with E-state index >= 15 is 0 Å². The van der Waals surface area contributed by atoms with Crippen LogP contribution in [0.15, 0.2) is 206 Å². The van der Waals surface area contributed by atoms with Crippen molar-refractivity contribution in [2.75, 3.05) is 0 Å². The Morgan fingerprint density at radius 3 is 1.40 bits per heavy atom. The maximum atomic E-state index is 2.48. The molecule has 0 aromatic heterocycles. The lowest BCUT2D eigenvalue weighted by Gasteiger charge is -2.21. The molecule has 0 aliphatic carbocycles. The Morgan fingerprint density at radius 1 is 0.245 bits per heavy atom. The van der Waals surface area contributed by atoms with Gasteiger partial charge in [0.15, 0.2) is 0 Å². The molecule has 0 nitrogen and oxygen atoms in total. The van der Waals surface area contributed by atoms with Gasteiger partial charge in [-0.3, -0.25) is 0 Å². The summed E-state index contributed by atoms with van der Waals surface area (Å²) in [5.74, 6) is 0. The first-order valence-corrected chi connectivity index (χ1v) is 19.3. The second kappa shape index (κ2) is 13.2. The monoisotopic (exact) mass is 686 g/mol. The Kier molecular flexibility index (Phi) is 7.78. The number of benzene rings is 10. The highest BCUT2D eigenvalue weighted by Crippen LogP contribution is 2.47. The molecular formula is C52H34Si. The van der Waals surface area contributed by atoms with Crippen molar-refractivity contribution >= 4 is 63.0 Å². The van der Waals surface area contributed by atoms with E-state index in [9.17, 15) is 0 Å². The summed E-state index contributed by atoms with van der Waals surface area (Å²) in [4.78, 5) is 0. The second-order valence-electron chi connectivity index (χ2n) is 13.8. The van der Waals surface area contributed by atoms with Crippen LogP contribution in [0, 0.1) is 0 Å². The molecule has 0 aliphatic rings. The molecule has 10 aromatic rings. The van der Waals surface area contributed by atoms with Gasteiger partial charge < -0.3 is 0 Å². The zero-order valence-corrected chi connectivity index (χ0v) is 30.1. The third-order valence-electron chi connectivity index (χ3n) is 10.6. The number of hydrogen-bond acceptors (Lipinski definition) is 0. The van der Waals surface area contributed by atoms with Crippen molar-refractivity contribution in [1.82, 2.24) is 0 Å². The van der Waals surface area contributed by atoms with Crippen molar-refractivity contribution in [2.45, 2.75) is 0 Å². The fourth-order valence-corrected chi connectivity index (χ4v) is 9.25. The van der Waals surface area contributed by atoms with Crippen molar-refractivity contribution in [3.63, 3.8) is 0 Å². The highest BCUT2D eigenvalue weighted by atomic mass is 28.2. The van der Waals surface area contributed by atoms with Crippen molar-refractivity contribution < 1.29 is 0 Å². The van der Waals surface area contributed by atoms with Gasteiger partial charge >= 0.3 is 0 Å². The van der Waals surface area contributed by atoms with E-state index in [4.69, 9.17) is 0 Å². The smallest absolute Gasteiger partial charge is 0.0631 e. The predicted molar refractivity (Wildman–Crippen MR) is 230 cm³/mol. The van der Waals surface area contributed by atoms with Gasteiger partial charge in [-0.2, -0.15) is 0 Å². The molecule has 0 unspecified atom stereocenters. The molecule has 0 bridgehead atoms. The Morgan fingerprint density at radius 2 is 0.736 bits per heavy atom. The lowest BCUT2D eigenvalue weighted by atomic mass is 9.83. The van der Waals surface area contributed by atoms with Gasteiger partial charge in [-0.1, -0.05) is 192 Å². The second-order valence-corrected chi connectivity index (χ2v) is 15.2. The summed E-state index contributed by atoms with van der Waals surface area (Å²) in [5, 5.41) is 12.9. The molecule has 0 saturated heterocycles. The minimum atomic E-state index is 0.558. The molecule has 10 aromatic carbocycles. The van der Waals surface area contributed by atoms with Crippen LogP contribution < -0.4 is 10.4 Å². The lowest BCUT2D eigenvalue weighted by molar-refractivity contribution is 1.58. The molecule has 0 spiro atoms. The summed E-state index contributed by atoms with van der Waals surface area (Å²) >= 11 is 0. The van der Waals surface area contributed by atoms with Crippen molar-refractivity contribution in [1.29, 1.82) is 0 Å². The van der Waals surface area contributed by atoms with Gasteiger partial charge in [-0.15, -0.1) is 0 Å². The maximum Gasteiger partial charge on any atom is 0.121 e. The molecule has 1 heteroatoms. The Labute approximate surface area is 312 Å². The molecule has 2 radical (unpaired) electrons. The van der Waals surface area contributed by atoms with Gasteiger partial charge in [0.25, 0.3) is 0 Å². The summed E-state index contributed by atoms with van der Waals surface area (Å²) in [6.07, 6.45) is 0. The van der Waals surface area contributed by atoms with Crippen molar-refractivity contribution in [3.8, 4) is 44.5 Å². The Bertz CT molecular complexity index is 2890. The Hall–Kier alpha value is -6.54. The van der Waals surface area contributed by atoms with E-state index < -0.39 is 0 Å². The van der Waals surface area contributed by atoms with Crippen molar-refractivity contribution in [2.24, 2.45) is 0 Å². The zero-order chi connectivity index (χ0) is 35.1. The van der Waals surface area contributed by atoms with E-state index in [0.717, 1.165) is 0 Å². The van der Waals surface area contributed by atoms with E-state index in [2.05, 4.69) is 206 Å². The lowest BCUT2D eigenvalue weighted by Crippen LogP contribution is -2.26. The van der Waals surface area contributed by atoms with Gasteiger partial charge in [0.1, 0.15) is 9.52 Å². The molecule has 0 atom stereocenters. The predicted octanol–water partition coefficient (Wildman–Crippen LogP) is 12.6. The molecule has 53 heavy (non-hydrogen) atoms. The van der Waals surface area contributed by atoms with Crippen LogP contribution in [-0.4, -0.2) is 9.52 Å². The summed E-state index contributed by atoms with van der Waals surface area (Å²) in [7, 11) is 0.558. The first-order chi connectivity index (χ1) is 26.3. The topological polar surface area (TPSA) is 0 Å². The van der Waals surface area contributed by atoms with E-state index in [1.54, 1.807) is 0 Å². The first kappa shape index (κ1) is 31.2. The average molecular weight is 687 g/mol. The summed E-state index contributed by atoms with van der Waals surface area (Å²) < 4.78 is 0. The molecule has 0 N–H and O–H groups in total. The van der Waals surface area contributed by atoms with Gasteiger partial charge in [0.05, 0.1) is 0 Å². The number of rotatable bonds is 6. The third-order valence-corrected chi connectivity index (χ3v) is 11.8. The van der Waals surface area contributed by atoms with E-state index in [1.807, 2.05) is 0 Å². The summed E-state index contributed by atoms with van der Waals surface area (Å²) in [6, 6.07) is 76.1. The Balaban J connectivity index is 1.33. The maximum absolute atomic E-state index is 2.48. The largest absolute Gasteiger partial charge is 0.121 e. The molecule has 0 heterocycles. The van der Waals surface area contributed by atoms with Gasteiger partial charge in [-0.05, 0) is 112 Å². The standard InChI is InChI=1S/C52H34Si/c1-4-16-35(17-5-1)38-30-39(36-18-6-2-7-19-36)32-40(31-38)51-46-26-14-15-27-47(46)52(50-34-42(28-29-48(50)51)53-41-21-8-3-9-22-41)49-33-37-20-10-11-23-43(37)44-24-12-13-25-45(44)49/h1-34H. The van der Waals surface area contributed by atoms with E-state index in [0.29, 0.717) is 9.52 Å². The normalized spacial score (nSPS) is 11.5. The van der Waals surface area contributed by atoms with Crippen LogP contribution in [0.25, 0.3) is 87.6 Å².